The molecule has 162 valence electrons. The van der Waals surface area contributed by atoms with Crippen molar-refractivity contribution in [3.05, 3.63) is 60.3 Å². The molecule has 1 aromatic heterocycles. The number of benzene rings is 2. The molecule has 0 radical (unpaired) electrons. The van der Waals surface area contributed by atoms with Gasteiger partial charge in [0.1, 0.15) is 0 Å². The first-order valence-corrected chi connectivity index (χ1v) is 10.5. The Labute approximate surface area is 181 Å². The molecule has 1 aliphatic heterocycles. The lowest BCUT2D eigenvalue weighted by Gasteiger charge is -2.42. The summed E-state index contributed by atoms with van der Waals surface area (Å²) in [6.07, 6.45) is 3.70. The normalized spacial score (nSPS) is 17.9. The van der Waals surface area contributed by atoms with Gasteiger partial charge in [0.2, 0.25) is 0 Å². The van der Waals surface area contributed by atoms with Gasteiger partial charge in [0.25, 0.3) is 0 Å². The summed E-state index contributed by atoms with van der Waals surface area (Å²) in [5, 5.41) is 16.7. The molecule has 2 aromatic carbocycles. The predicted octanol–water partition coefficient (Wildman–Crippen LogP) is 4.25. The summed E-state index contributed by atoms with van der Waals surface area (Å²) >= 11 is 0. The van der Waals surface area contributed by atoms with Crippen molar-refractivity contribution < 1.29 is 14.7 Å². The van der Waals surface area contributed by atoms with Crippen LogP contribution in [-0.4, -0.2) is 63.5 Å². The number of amides is 2. The number of carbonyl (C=O) groups is 2. The summed E-state index contributed by atoms with van der Waals surface area (Å²) in [7, 11) is 3.95. The van der Waals surface area contributed by atoms with Gasteiger partial charge in [-0.1, -0.05) is 36.8 Å². The summed E-state index contributed by atoms with van der Waals surface area (Å²) < 4.78 is 0.914. The summed E-state index contributed by atoms with van der Waals surface area (Å²) in [5.41, 5.74) is 2.18. The maximum atomic E-state index is 13.2. The van der Waals surface area contributed by atoms with E-state index in [1.165, 1.54) is 12.6 Å². The van der Waals surface area contributed by atoms with Crippen LogP contribution in [0.2, 0.25) is 0 Å². The van der Waals surface area contributed by atoms with Crippen molar-refractivity contribution in [2.45, 2.75) is 31.3 Å². The quantitative estimate of drug-likeness (QED) is 0.657. The fourth-order valence-electron chi connectivity index (χ4n) is 4.45. The molecule has 0 unspecified atom stereocenters. The third-order valence-corrected chi connectivity index (χ3v) is 6.07. The molecule has 0 bridgehead atoms. The molecule has 1 fully saturated rings. The zero-order valence-electron chi connectivity index (χ0n) is 17.7. The number of hydrogen-bond acceptors (Lipinski definition) is 4. The molecule has 0 saturated carbocycles. The Morgan fingerprint density at radius 1 is 1.19 bits per heavy atom. The zero-order valence-corrected chi connectivity index (χ0v) is 17.7. The number of nitrogens with zero attached hydrogens (tertiary/aromatic N) is 4. The summed E-state index contributed by atoms with van der Waals surface area (Å²) in [4.78, 5) is 28.6. The number of nitrogens with one attached hydrogen (secondary N) is 1. The van der Waals surface area contributed by atoms with Crippen LogP contribution in [0, 0.1) is 0 Å². The Balaban J connectivity index is 1.58. The molecule has 2 amide bonds. The number of aromatic nitrogens is 2. The van der Waals surface area contributed by atoms with E-state index in [-0.39, 0.29) is 18.1 Å². The van der Waals surface area contributed by atoms with Gasteiger partial charge in [-0.05, 0) is 50.2 Å². The van der Waals surface area contributed by atoms with E-state index in [0.717, 1.165) is 29.6 Å². The third-order valence-electron chi connectivity index (χ3n) is 6.07. The Morgan fingerprint density at radius 2 is 1.97 bits per heavy atom. The SMILES string of the molecule is CN1CCCC[C@@H]1[C@H](c1ccccc1)N(C)C(=O)Nc1ccc2c(cnn2C(=O)O)c1. The summed E-state index contributed by atoms with van der Waals surface area (Å²) in [6.45, 7) is 1.02. The van der Waals surface area contributed by atoms with Crippen molar-refractivity contribution in [1.29, 1.82) is 0 Å². The molecule has 31 heavy (non-hydrogen) atoms. The highest BCUT2D eigenvalue weighted by Crippen LogP contribution is 2.32. The zero-order chi connectivity index (χ0) is 22.0. The van der Waals surface area contributed by atoms with Crippen LogP contribution in [0.4, 0.5) is 15.3 Å². The van der Waals surface area contributed by atoms with Gasteiger partial charge in [-0.25, -0.2) is 9.59 Å². The van der Waals surface area contributed by atoms with Gasteiger partial charge >= 0.3 is 12.1 Å². The Bertz CT molecular complexity index is 1080. The highest BCUT2D eigenvalue weighted by Gasteiger charge is 2.33. The van der Waals surface area contributed by atoms with Crippen LogP contribution in [0.5, 0.6) is 0 Å². The number of rotatable bonds is 4. The van der Waals surface area contributed by atoms with Gasteiger partial charge < -0.3 is 20.2 Å². The minimum Gasteiger partial charge on any atom is -0.463 e. The smallest absolute Gasteiger partial charge is 0.432 e. The topological polar surface area (TPSA) is 90.7 Å². The molecule has 1 saturated heterocycles. The minimum absolute atomic E-state index is 0.0787. The second-order valence-electron chi connectivity index (χ2n) is 8.05. The minimum atomic E-state index is -1.14. The number of piperidine rings is 1. The molecule has 0 aliphatic carbocycles. The highest BCUT2D eigenvalue weighted by atomic mass is 16.4. The number of carbonyl (C=O) groups excluding carboxylic acids is 1. The first-order valence-electron chi connectivity index (χ1n) is 10.5. The molecule has 2 heterocycles. The average Bonchev–Trinajstić information content (AvgIpc) is 3.19. The third kappa shape index (κ3) is 4.25. The maximum absolute atomic E-state index is 13.2. The summed E-state index contributed by atoms with van der Waals surface area (Å²) in [6, 6.07) is 15.2. The number of likely N-dealkylation sites (tertiary alicyclic amines) is 1. The molecule has 1 aliphatic rings. The van der Waals surface area contributed by atoms with E-state index in [4.69, 9.17) is 0 Å². The van der Waals surface area contributed by atoms with Crippen LogP contribution in [0.15, 0.2) is 54.7 Å². The van der Waals surface area contributed by atoms with Gasteiger partial charge in [-0.15, -0.1) is 0 Å². The second kappa shape index (κ2) is 8.77. The number of fused-ring (bicyclic) bond motifs is 1. The lowest BCUT2D eigenvalue weighted by Crippen LogP contribution is -2.48. The van der Waals surface area contributed by atoms with Crippen LogP contribution in [0.1, 0.15) is 30.9 Å². The number of carboxylic acid groups (broad SMARTS) is 1. The lowest BCUT2D eigenvalue weighted by atomic mass is 9.90. The lowest BCUT2D eigenvalue weighted by molar-refractivity contribution is 0.0992. The van der Waals surface area contributed by atoms with E-state index in [0.29, 0.717) is 16.6 Å². The van der Waals surface area contributed by atoms with Gasteiger partial charge in [0, 0.05) is 24.2 Å². The first kappa shape index (κ1) is 20.9. The van der Waals surface area contributed by atoms with Gasteiger partial charge in [-0.2, -0.15) is 9.78 Å². The Hall–Kier alpha value is -3.39. The van der Waals surface area contributed by atoms with E-state index in [2.05, 4.69) is 34.5 Å². The molecular formula is C23H27N5O3. The van der Waals surface area contributed by atoms with E-state index in [1.54, 1.807) is 23.1 Å². The Morgan fingerprint density at radius 3 is 2.68 bits per heavy atom. The molecule has 8 nitrogen and oxygen atoms in total. The van der Waals surface area contributed by atoms with Crippen molar-refractivity contribution in [2.75, 3.05) is 26.0 Å². The number of urea groups is 1. The Kier molecular flexibility index (Phi) is 5.90. The van der Waals surface area contributed by atoms with Crippen LogP contribution in [0.25, 0.3) is 10.9 Å². The molecule has 2 atom stereocenters. The maximum Gasteiger partial charge on any atom is 0.432 e. The molecule has 3 aromatic rings. The monoisotopic (exact) mass is 421 g/mol. The summed E-state index contributed by atoms with van der Waals surface area (Å²) in [5.74, 6) is 0. The molecule has 8 heteroatoms. The average molecular weight is 422 g/mol. The van der Waals surface area contributed by atoms with E-state index in [1.807, 2.05) is 25.2 Å². The van der Waals surface area contributed by atoms with Crippen molar-refractivity contribution in [3.8, 4) is 0 Å². The number of likely N-dealkylation sites (N-methyl/N-ethyl adjacent to an activating group) is 2. The standard InChI is InChI=1S/C23H27N5O3/c1-26-13-7-6-10-20(26)21(16-8-4-3-5-9-16)27(2)22(29)25-18-11-12-19-17(14-18)15-24-28(19)23(30)31/h3-5,8-9,11-12,14-15,20-21H,6-7,10,13H2,1-2H3,(H,25,29)(H,30,31)/t20-,21+/m1/s1. The van der Waals surface area contributed by atoms with E-state index >= 15 is 0 Å². The largest absolute Gasteiger partial charge is 0.463 e. The fraction of sp³-hybridized carbons (Fsp3) is 0.348. The molecule has 4 rings (SSSR count). The van der Waals surface area contributed by atoms with Gasteiger partial charge in [-0.3, -0.25) is 0 Å². The number of hydrogen-bond donors (Lipinski definition) is 2. The highest BCUT2D eigenvalue weighted by molar-refractivity contribution is 5.94. The van der Waals surface area contributed by atoms with Gasteiger partial charge in [0.05, 0.1) is 17.8 Å². The number of anilines is 1. The molecule has 0 spiro atoms. The fourth-order valence-corrected chi connectivity index (χ4v) is 4.45. The van der Waals surface area contributed by atoms with Crippen LogP contribution in [0.3, 0.4) is 0 Å². The first-order chi connectivity index (χ1) is 15.0. The van der Waals surface area contributed by atoms with Crippen molar-refractivity contribution in [3.63, 3.8) is 0 Å². The van der Waals surface area contributed by atoms with Crippen LogP contribution in [-0.2, 0) is 0 Å². The predicted molar refractivity (Wildman–Crippen MR) is 119 cm³/mol. The van der Waals surface area contributed by atoms with E-state index < -0.39 is 6.09 Å². The molecular weight excluding hydrogens is 394 g/mol. The van der Waals surface area contributed by atoms with Crippen molar-refractivity contribution in [2.24, 2.45) is 0 Å². The van der Waals surface area contributed by atoms with Crippen molar-refractivity contribution in [1.82, 2.24) is 19.6 Å². The van der Waals surface area contributed by atoms with Crippen LogP contribution < -0.4 is 5.32 Å². The second-order valence-corrected chi connectivity index (χ2v) is 8.05. The molecule has 2 N–H and O–H groups in total. The van der Waals surface area contributed by atoms with E-state index in [9.17, 15) is 14.7 Å². The van der Waals surface area contributed by atoms with Crippen molar-refractivity contribution >= 4 is 28.7 Å². The van der Waals surface area contributed by atoms with Gasteiger partial charge in [0.15, 0.2) is 0 Å². The van der Waals surface area contributed by atoms with Crippen LogP contribution >= 0.6 is 0 Å².